The first-order valence-corrected chi connectivity index (χ1v) is 4.34. The Kier molecular flexibility index (Phi) is 6.11. The second-order valence-corrected chi connectivity index (χ2v) is 3.14. The Morgan fingerprint density at radius 1 is 0.929 bits per heavy atom. The van der Waals surface area contributed by atoms with Gasteiger partial charge in [-0.15, -0.1) is 0 Å². The lowest BCUT2D eigenvalue weighted by molar-refractivity contribution is 0.478. The average molecular weight is 194 g/mol. The van der Waals surface area contributed by atoms with Gasteiger partial charge in [-0.1, -0.05) is 6.07 Å². The molecule has 0 atom stereocenters. The monoisotopic (exact) mass is 194 g/mol. The topological polar surface area (TPSA) is 43.2 Å². The number of hydrogen-bond donors (Lipinski definition) is 1. The second kappa shape index (κ2) is 6.88. The van der Waals surface area contributed by atoms with Crippen LogP contribution in [0.3, 0.4) is 0 Å². The summed E-state index contributed by atoms with van der Waals surface area (Å²) >= 11 is 0. The molecule has 0 fully saturated rings. The summed E-state index contributed by atoms with van der Waals surface area (Å²) in [6, 6.07) is 5.72. The molecule has 0 amide bonds. The molecule has 1 aromatic heterocycles. The second-order valence-electron chi connectivity index (χ2n) is 3.14. The van der Waals surface area contributed by atoms with Crippen LogP contribution in [0.25, 0.3) is 0 Å². The van der Waals surface area contributed by atoms with E-state index < -0.39 is 0 Å². The first-order chi connectivity index (χ1) is 6.55. The van der Waals surface area contributed by atoms with E-state index in [0.717, 1.165) is 0 Å². The zero-order valence-corrected chi connectivity index (χ0v) is 9.23. The lowest BCUT2D eigenvalue weighted by Crippen LogP contribution is -2.34. The van der Waals surface area contributed by atoms with E-state index in [4.69, 9.17) is 5.41 Å². The molecule has 0 aliphatic carbocycles. The van der Waals surface area contributed by atoms with Crippen molar-refractivity contribution in [2.75, 3.05) is 28.2 Å². The van der Waals surface area contributed by atoms with E-state index in [2.05, 4.69) is 4.98 Å². The molecule has 0 radical (unpaired) electrons. The summed E-state index contributed by atoms with van der Waals surface area (Å²) in [7, 11) is 7.40. The summed E-state index contributed by atoms with van der Waals surface area (Å²) in [5, 5.41) is 7.25. The highest BCUT2D eigenvalue weighted by atomic mass is 15.3. The lowest BCUT2D eigenvalue weighted by atomic mass is 10.5. The molecule has 0 aliphatic rings. The molecule has 0 bridgehead atoms. The molecule has 1 N–H and O–H groups in total. The minimum Gasteiger partial charge on any atom is -0.349 e. The van der Waals surface area contributed by atoms with Gasteiger partial charge in [-0.05, 0) is 12.1 Å². The van der Waals surface area contributed by atoms with Crippen molar-refractivity contribution in [3.63, 3.8) is 0 Å². The van der Waals surface area contributed by atoms with Crippen LogP contribution < -0.4 is 0 Å². The van der Waals surface area contributed by atoms with Gasteiger partial charge in [-0.25, -0.2) is 0 Å². The van der Waals surface area contributed by atoms with Crippen LogP contribution in [0.15, 0.2) is 30.6 Å². The maximum atomic E-state index is 7.25. The first-order valence-electron chi connectivity index (χ1n) is 4.34. The highest BCUT2D eigenvalue weighted by molar-refractivity contribution is 5.75. The third-order valence-corrected chi connectivity index (χ3v) is 1.41. The van der Waals surface area contributed by atoms with Crippen LogP contribution in [0, 0.1) is 5.41 Å². The minimum atomic E-state index is 0.519. The number of hydrogen-bond acceptors (Lipinski definition) is 2. The van der Waals surface area contributed by atoms with Crippen molar-refractivity contribution >= 4 is 5.96 Å². The smallest absolute Gasteiger partial charge is 0.192 e. The number of guanidine groups is 1. The summed E-state index contributed by atoms with van der Waals surface area (Å²) in [5.74, 6) is 0.519. The fraction of sp³-hybridized carbons (Fsp3) is 0.400. The Morgan fingerprint density at radius 2 is 1.36 bits per heavy atom. The lowest BCUT2D eigenvalue weighted by Gasteiger charge is -2.19. The number of pyridine rings is 1. The molecule has 0 unspecified atom stereocenters. The summed E-state index contributed by atoms with van der Waals surface area (Å²) in [6.45, 7) is 0. The number of aromatic nitrogens is 1. The van der Waals surface area contributed by atoms with Gasteiger partial charge in [0, 0.05) is 40.6 Å². The van der Waals surface area contributed by atoms with Crippen LogP contribution in [0.1, 0.15) is 0 Å². The van der Waals surface area contributed by atoms with Crippen LogP contribution in [0.5, 0.6) is 0 Å². The van der Waals surface area contributed by atoms with E-state index in [1.165, 1.54) is 0 Å². The van der Waals surface area contributed by atoms with Gasteiger partial charge in [0.25, 0.3) is 0 Å². The van der Waals surface area contributed by atoms with Gasteiger partial charge in [0.15, 0.2) is 5.96 Å². The van der Waals surface area contributed by atoms with E-state index >= 15 is 0 Å². The van der Waals surface area contributed by atoms with Gasteiger partial charge >= 0.3 is 0 Å². The molecule has 0 aromatic carbocycles. The Hall–Kier alpha value is -1.58. The molecule has 4 heteroatoms. The molecule has 78 valence electrons. The van der Waals surface area contributed by atoms with Gasteiger partial charge < -0.3 is 9.80 Å². The van der Waals surface area contributed by atoms with Gasteiger partial charge in [0.2, 0.25) is 0 Å². The Balaban J connectivity index is 0.000000249. The van der Waals surface area contributed by atoms with E-state index in [0.29, 0.717) is 5.96 Å². The summed E-state index contributed by atoms with van der Waals surface area (Å²) in [5.41, 5.74) is 0. The Morgan fingerprint density at radius 3 is 1.43 bits per heavy atom. The first kappa shape index (κ1) is 12.4. The number of nitrogens with one attached hydrogen (secondary N) is 1. The van der Waals surface area contributed by atoms with Crippen LogP contribution >= 0.6 is 0 Å². The van der Waals surface area contributed by atoms with Crippen molar-refractivity contribution in [3.05, 3.63) is 30.6 Å². The van der Waals surface area contributed by atoms with Crippen molar-refractivity contribution < 1.29 is 0 Å². The summed E-state index contributed by atoms with van der Waals surface area (Å²) < 4.78 is 0. The predicted octanol–water partition coefficient (Wildman–Crippen LogP) is 1.13. The highest BCUT2D eigenvalue weighted by Crippen LogP contribution is 1.80. The van der Waals surface area contributed by atoms with E-state index in [1.807, 2.05) is 46.4 Å². The molecule has 1 heterocycles. The molecule has 0 saturated carbocycles. The van der Waals surface area contributed by atoms with Gasteiger partial charge in [0.1, 0.15) is 0 Å². The number of rotatable bonds is 0. The van der Waals surface area contributed by atoms with Crippen LogP contribution in [-0.4, -0.2) is 48.9 Å². The van der Waals surface area contributed by atoms with Crippen molar-refractivity contribution in [1.29, 1.82) is 5.41 Å². The Labute approximate surface area is 85.7 Å². The maximum Gasteiger partial charge on any atom is 0.192 e. The summed E-state index contributed by atoms with van der Waals surface area (Å²) in [4.78, 5) is 7.28. The van der Waals surface area contributed by atoms with Crippen molar-refractivity contribution in [1.82, 2.24) is 14.8 Å². The maximum absolute atomic E-state index is 7.25. The fourth-order valence-corrected chi connectivity index (χ4v) is 0.713. The van der Waals surface area contributed by atoms with E-state index in [-0.39, 0.29) is 0 Å². The van der Waals surface area contributed by atoms with Crippen molar-refractivity contribution in [2.45, 2.75) is 0 Å². The van der Waals surface area contributed by atoms with E-state index in [9.17, 15) is 0 Å². The SMILES string of the molecule is CN(C)C(=N)N(C)C.c1ccncc1. The van der Waals surface area contributed by atoms with E-state index in [1.54, 1.807) is 22.2 Å². The third kappa shape index (κ3) is 5.99. The molecule has 1 rings (SSSR count). The molecule has 14 heavy (non-hydrogen) atoms. The molecule has 0 saturated heterocycles. The molecule has 1 aromatic rings. The van der Waals surface area contributed by atoms with Crippen LogP contribution in [0.2, 0.25) is 0 Å². The predicted molar refractivity (Wildman–Crippen MR) is 59.3 cm³/mol. The van der Waals surface area contributed by atoms with Crippen molar-refractivity contribution in [2.24, 2.45) is 0 Å². The minimum absolute atomic E-state index is 0.519. The molecular formula is C10H18N4. The Bertz CT molecular complexity index is 207. The van der Waals surface area contributed by atoms with Gasteiger partial charge in [0.05, 0.1) is 0 Å². The van der Waals surface area contributed by atoms with Crippen molar-refractivity contribution in [3.8, 4) is 0 Å². The zero-order valence-electron chi connectivity index (χ0n) is 9.23. The standard InChI is InChI=1S/C5H13N3.C5H5N/c1-7(2)5(6)8(3)4;1-2-4-6-5-3-1/h6H,1-4H3;1-5H. The average Bonchev–Trinajstić information content (AvgIpc) is 2.20. The largest absolute Gasteiger partial charge is 0.349 e. The highest BCUT2D eigenvalue weighted by Gasteiger charge is 1.97. The zero-order chi connectivity index (χ0) is 11.0. The number of nitrogens with zero attached hydrogens (tertiary/aromatic N) is 3. The van der Waals surface area contributed by atoms with Gasteiger partial charge in [-0.2, -0.15) is 0 Å². The molecule has 0 aliphatic heterocycles. The third-order valence-electron chi connectivity index (χ3n) is 1.41. The normalized spacial score (nSPS) is 8.29. The fourth-order valence-electron chi connectivity index (χ4n) is 0.713. The van der Waals surface area contributed by atoms with Gasteiger partial charge in [-0.3, -0.25) is 10.4 Å². The molecule has 4 nitrogen and oxygen atoms in total. The quantitative estimate of drug-likeness (QED) is 0.497. The van der Waals surface area contributed by atoms with Crippen LogP contribution in [-0.2, 0) is 0 Å². The molecule has 0 spiro atoms. The molecular weight excluding hydrogens is 176 g/mol. The van der Waals surface area contributed by atoms with Crippen LogP contribution in [0.4, 0.5) is 0 Å². The summed E-state index contributed by atoms with van der Waals surface area (Å²) in [6.07, 6.45) is 3.50.